The van der Waals surface area contributed by atoms with E-state index >= 15 is 0 Å². The van der Waals surface area contributed by atoms with Gasteiger partial charge < -0.3 is 14.9 Å². The highest BCUT2D eigenvalue weighted by molar-refractivity contribution is 5.67. The highest BCUT2D eigenvalue weighted by atomic mass is 16.5. The summed E-state index contributed by atoms with van der Waals surface area (Å²) in [4.78, 5) is 10.4. The van der Waals surface area contributed by atoms with E-state index in [0.29, 0.717) is 13.0 Å². The lowest BCUT2D eigenvalue weighted by Crippen LogP contribution is -2.16. The Balaban J connectivity index is 2.49. The highest BCUT2D eigenvalue weighted by Crippen LogP contribution is 2.22. The molecule has 0 bridgehead atoms. The molecule has 0 aliphatic rings. The Kier molecular flexibility index (Phi) is 5.16. The largest absolute Gasteiger partial charge is 0.493 e. The summed E-state index contributed by atoms with van der Waals surface area (Å²) >= 11 is 0. The number of hydrogen-bond donors (Lipinski definition) is 2. The Bertz CT molecular complexity index is 426. The van der Waals surface area contributed by atoms with Gasteiger partial charge in [0.15, 0.2) is 0 Å². The third-order valence-electron chi connectivity index (χ3n) is 2.91. The van der Waals surface area contributed by atoms with Gasteiger partial charge in [-0.1, -0.05) is 6.07 Å². The number of carbonyl (C=O) groups is 1. The second-order valence-electron chi connectivity index (χ2n) is 4.59. The molecule has 18 heavy (non-hydrogen) atoms. The topological polar surface area (TPSA) is 66.8 Å². The molecule has 0 spiro atoms. The van der Waals surface area contributed by atoms with Crippen LogP contribution in [0.25, 0.3) is 0 Å². The van der Waals surface area contributed by atoms with Crippen molar-refractivity contribution in [2.24, 2.45) is 0 Å². The van der Waals surface area contributed by atoms with Crippen molar-refractivity contribution in [1.29, 1.82) is 0 Å². The van der Waals surface area contributed by atoms with E-state index in [4.69, 9.17) is 9.84 Å². The third kappa shape index (κ3) is 4.37. The molecule has 1 rings (SSSR count). The number of rotatable bonds is 6. The minimum Gasteiger partial charge on any atom is -0.493 e. The number of hydrogen-bond acceptors (Lipinski definition) is 3. The summed E-state index contributed by atoms with van der Waals surface area (Å²) in [5.41, 5.74) is 3.42. The molecule has 1 atom stereocenters. The van der Waals surface area contributed by atoms with Crippen LogP contribution in [0.3, 0.4) is 0 Å². The van der Waals surface area contributed by atoms with Gasteiger partial charge in [-0.15, -0.1) is 0 Å². The second-order valence-corrected chi connectivity index (χ2v) is 4.59. The number of aryl methyl sites for hydroxylation is 3. The summed E-state index contributed by atoms with van der Waals surface area (Å²) < 4.78 is 5.57. The lowest BCUT2D eigenvalue weighted by Gasteiger charge is -2.13. The number of aliphatic hydroxyl groups is 1. The maximum absolute atomic E-state index is 10.4. The summed E-state index contributed by atoms with van der Waals surface area (Å²) in [6, 6.07) is 4.02. The van der Waals surface area contributed by atoms with Crippen LogP contribution in [-0.4, -0.2) is 28.9 Å². The zero-order valence-corrected chi connectivity index (χ0v) is 11.1. The molecule has 0 amide bonds. The molecule has 4 nitrogen and oxygen atoms in total. The molecule has 0 radical (unpaired) electrons. The monoisotopic (exact) mass is 252 g/mol. The van der Waals surface area contributed by atoms with E-state index in [1.54, 1.807) is 0 Å². The lowest BCUT2D eigenvalue weighted by molar-refractivity contribution is -0.139. The van der Waals surface area contributed by atoms with Gasteiger partial charge in [0.1, 0.15) is 5.75 Å². The lowest BCUT2D eigenvalue weighted by atomic mass is 10.1. The summed E-state index contributed by atoms with van der Waals surface area (Å²) in [5, 5.41) is 17.9. The van der Waals surface area contributed by atoms with E-state index in [9.17, 15) is 9.90 Å². The molecule has 0 heterocycles. The van der Waals surface area contributed by atoms with Gasteiger partial charge in [0.2, 0.25) is 0 Å². The molecular weight excluding hydrogens is 232 g/mol. The minimum atomic E-state index is -0.995. The van der Waals surface area contributed by atoms with Gasteiger partial charge in [-0.25, -0.2) is 0 Å². The smallest absolute Gasteiger partial charge is 0.305 e. The van der Waals surface area contributed by atoms with Gasteiger partial charge in [-0.3, -0.25) is 4.79 Å². The molecule has 0 saturated carbocycles. The first-order valence-electron chi connectivity index (χ1n) is 6.00. The van der Waals surface area contributed by atoms with Crippen LogP contribution in [0.4, 0.5) is 0 Å². The second kappa shape index (κ2) is 6.40. The summed E-state index contributed by atoms with van der Waals surface area (Å²) in [5.74, 6) is -0.203. The Labute approximate surface area is 107 Å². The van der Waals surface area contributed by atoms with Crippen molar-refractivity contribution in [2.75, 3.05) is 6.61 Å². The van der Waals surface area contributed by atoms with Crippen LogP contribution < -0.4 is 4.74 Å². The van der Waals surface area contributed by atoms with E-state index in [0.717, 1.165) is 16.9 Å². The maximum atomic E-state index is 10.4. The molecule has 100 valence electrons. The standard InChI is InChI=1S/C14H20O4/c1-9-6-11(3)13(7-10(9)2)18-5-4-12(15)8-14(16)17/h6-7,12,15H,4-5,8H2,1-3H3,(H,16,17). The van der Waals surface area contributed by atoms with Crippen LogP contribution in [0.1, 0.15) is 29.5 Å². The Morgan fingerprint density at radius 1 is 1.22 bits per heavy atom. The Morgan fingerprint density at radius 2 is 1.83 bits per heavy atom. The van der Waals surface area contributed by atoms with Gasteiger partial charge in [0, 0.05) is 6.42 Å². The van der Waals surface area contributed by atoms with Crippen molar-refractivity contribution < 1.29 is 19.7 Å². The van der Waals surface area contributed by atoms with Crippen molar-refractivity contribution >= 4 is 5.97 Å². The number of benzene rings is 1. The molecule has 1 aromatic carbocycles. The number of aliphatic carboxylic acids is 1. The van der Waals surface area contributed by atoms with Crippen LogP contribution in [0.2, 0.25) is 0 Å². The molecule has 0 saturated heterocycles. The first-order chi connectivity index (χ1) is 8.40. The van der Waals surface area contributed by atoms with Crippen LogP contribution in [-0.2, 0) is 4.79 Å². The van der Waals surface area contributed by atoms with E-state index < -0.39 is 12.1 Å². The molecule has 0 fully saturated rings. The van der Waals surface area contributed by atoms with Crippen molar-refractivity contribution in [2.45, 2.75) is 39.7 Å². The average molecular weight is 252 g/mol. The van der Waals surface area contributed by atoms with Crippen LogP contribution in [0, 0.1) is 20.8 Å². The highest BCUT2D eigenvalue weighted by Gasteiger charge is 2.10. The fraction of sp³-hybridized carbons (Fsp3) is 0.500. The minimum absolute atomic E-state index is 0.241. The van der Waals surface area contributed by atoms with Gasteiger partial charge in [0.25, 0.3) is 0 Å². The SMILES string of the molecule is Cc1cc(C)c(OCCC(O)CC(=O)O)cc1C. The fourth-order valence-electron chi connectivity index (χ4n) is 1.70. The van der Waals surface area contributed by atoms with Gasteiger partial charge in [0.05, 0.1) is 19.1 Å². The van der Waals surface area contributed by atoms with Crippen LogP contribution >= 0.6 is 0 Å². The van der Waals surface area contributed by atoms with E-state index in [1.165, 1.54) is 5.56 Å². The molecule has 1 aromatic rings. The first kappa shape index (κ1) is 14.5. The van der Waals surface area contributed by atoms with Crippen LogP contribution in [0.5, 0.6) is 5.75 Å². The quantitative estimate of drug-likeness (QED) is 0.814. The van der Waals surface area contributed by atoms with Gasteiger partial charge in [-0.05, 0) is 43.5 Å². The van der Waals surface area contributed by atoms with Gasteiger partial charge >= 0.3 is 5.97 Å². The molecular formula is C14H20O4. The Hall–Kier alpha value is -1.55. The summed E-state index contributed by atoms with van der Waals surface area (Å²) in [6.07, 6.45) is -0.775. The third-order valence-corrected chi connectivity index (χ3v) is 2.91. The molecule has 1 unspecified atom stereocenters. The van der Waals surface area contributed by atoms with Crippen molar-refractivity contribution in [3.8, 4) is 5.75 Å². The molecule has 4 heteroatoms. The Morgan fingerprint density at radius 3 is 2.44 bits per heavy atom. The van der Waals surface area contributed by atoms with Crippen LogP contribution in [0.15, 0.2) is 12.1 Å². The predicted molar refractivity (Wildman–Crippen MR) is 69.0 cm³/mol. The van der Waals surface area contributed by atoms with Crippen molar-refractivity contribution in [3.05, 3.63) is 28.8 Å². The van der Waals surface area contributed by atoms with E-state index in [-0.39, 0.29) is 6.42 Å². The molecule has 2 N–H and O–H groups in total. The fourth-order valence-corrected chi connectivity index (χ4v) is 1.70. The number of aliphatic hydroxyl groups excluding tert-OH is 1. The molecule has 0 aliphatic heterocycles. The number of ether oxygens (including phenoxy) is 1. The zero-order valence-electron chi connectivity index (χ0n) is 11.1. The van der Waals surface area contributed by atoms with Crippen molar-refractivity contribution in [1.82, 2.24) is 0 Å². The summed E-state index contributed by atoms with van der Waals surface area (Å²) in [7, 11) is 0. The maximum Gasteiger partial charge on any atom is 0.305 e. The average Bonchev–Trinajstić information content (AvgIpc) is 2.24. The van der Waals surface area contributed by atoms with E-state index in [2.05, 4.69) is 6.07 Å². The van der Waals surface area contributed by atoms with E-state index in [1.807, 2.05) is 26.8 Å². The predicted octanol–water partition coefficient (Wildman–Crippen LogP) is 2.22. The zero-order chi connectivity index (χ0) is 13.7. The van der Waals surface area contributed by atoms with Gasteiger partial charge in [-0.2, -0.15) is 0 Å². The normalized spacial score (nSPS) is 12.2. The summed E-state index contributed by atoms with van der Waals surface area (Å²) in [6.45, 7) is 6.34. The number of carboxylic acid groups (broad SMARTS) is 1. The molecule has 0 aliphatic carbocycles. The first-order valence-corrected chi connectivity index (χ1v) is 6.00. The number of carboxylic acids is 1. The van der Waals surface area contributed by atoms with Crippen molar-refractivity contribution in [3.63, 3.8) is 0 Å². The molecule has 0 aromatic heterocycles.